The van der Waals surface area contributed by atoms with Crippen molar-refractivity contribution in [1.82, 2.24) is 19.9 Å². The van der Waals surface area contributed by atoms with Crippen molar-refractivity contribution < 1.29 is 0 Å². The van der Waals surface area contributed by atoms with Gasteiger partial charge in [-0.3, -0.25) is 39.5 Å². The molecule has 12 rings (SSSR count). The number of benzene rings is 6. The zero-order chi connectivity index (χ0) is 43.8. The molecule has 0 bridgehead atoms. The predicted octanol–water partition coefficient (Wildman–Crippen LogP) is 14.3. The largest absolute Gasteiger partial charge is 0.291 e. The van der Waals surface area contributed by atoms with Gasteiger partial charge in [-0.05, 0) is 117 Å². The molecule has 0 saturated heterocycles. The van der Waals surface area contributed by atoms with Crippen LogP contribution in [0.3, 0.4) is 0 Å². The van der Waals surface area contributed by atoms with E-state index in [0.29, 0.717) is 0 Å². The van der Waals surface area contributed by atoms with Gasteiger partial charge in [-0.1, -0.05) is 121 Å². The molecule has 8 nitrogen and oxygen atoms in total. The molecule has 0 saturated carbocycles. The molecule has 0 amide bonds. The van der Waals surface area contributed by atoms with Crippen LogP contribution in [0.5, 0.6) is 0 Å². The van der Waals surface area contributed by atoms with Crippen LogP contribution in [0, 0.1) is 0 Å². The van der Waals surface area contributed by atoms with E-state index in [9.17, 15) is 0 Å². The highest BCUT2D eigenvalue weighted by Gasteiger charge is 2.45. The van der Waals surface area contributed by atoms with Gasteiger partial charge in [-0.25, -0.2) is 0 Å². The van der Waals surface area contributed by atoms with Crippen molar-refractivity contribution in [3.63, 3.8) is 0 Å². The predicted molar refractivity (Wildman–Crippen MR) is 267 cm³/mol. The van der Waals surface area contributed by atoms with Gasteiger partial charge in [0.1, 0.15) is 0 Å². The molecule has 0 N–H and O–H groups in total. The molecule has 0 unspecified atom stereocenters. The fraction of sp³-hybridized carbons (Fsp3) is 0. The summed E-state index contributed by atoms with van der Waals surface area (Å²) in [5, 5.41) is 0. The van der Waals surface area contributed by atoms with E-state index in [-0.39, 0.29) is 0 Å². The van der Waals surface area contributed by atoms with Gasteiger partial charge in [0, 0.05) is 49.6 Å². The fourth-order valence-corrected chi connectivity index (χ4v) is 9.37. The van der Waals surface area contributed by atoms with Crippen molar-refractivity contribution in [3.8, 4) is 44.5 Å². The highest BCUT2D eigenvalue weighted by atomic mass is 15.5. The Morgan fingerprint density at radius 2 is 0.424 bits per heavy atom. The van der Waals surface area contributed by atoms with Crippen molar-refractivity contribution in [1.29, 1.82) is 0 Å². The first kappa shape index (κ1) is 38.5. The molecule has 0 spiro atoms. The van der Waals surface area contributed by atoms with Gasteiger partial charge in [-0.2, -0.15) is 0 Å². The zero-order valence-electron chi connectivity index (χ0n) is 35.7. The number of aromatic nitrogens is 4. The Hall–Kier alpha value is -9.14. The SMILES string of the molecule is c1ccc(-c2cc3c(cc2-c2ccccc2)N(c2ccncc2)C(=C2N(c4ccncc4)c4cc(-c5ccccc5)c(-c5ccccc5)cc4N2c2ccncc2)N3c2ccncc2)cc1. The van der Waals surface area contributed by atoms with Gasteiger partial charge < -0.3 is 0 Å². The third-order valence-electron chi connectivity index (χ3n) is 12.3. The van der Waals surface area contributed by atoms with E-state index >= 15 is 0 Å². The lowest BCUT2D eigenvalue weighted by molar-refractivity contribution is 1.00. The van der Waals surface area contributed by atoms with Crippen molar-refractivity contribution in [2.45, 2.75) is 0 Å². The van der Waals surface area contributed by atoms with Crippen LogP contribution >= 0.6 is 0 Å². The van der Waals surface area contributed by atoms with Crippen LogP contribution in [0.2, 0.25) is 0 Å². The van der Waals surface area contributed by atoms with Crippen LogP contribution in [-0.2, 0) is 0 Å². The normalized spacial score (nSPS) is 13.0. The van der Waals surface area contributed by atoms with Crippen LogP contribution in [0.25, 0.3) is 44.5 Å². The number of hydrogen-bond acceptors (Lipinski definition) is 8. The zero-order valence-corrected chi connectivity index (χ0v) is 35.7. The maximum atomic E-state index is 4.53. The second kappa shape index (κ2) is 16.5. The van der Waals surface area contributed by atoms with Gasteiger partial charge in [0.15, 0.2) is 11.6 Å². The smallest absolute Gasteiger partial charge is 0.166 e. The molecule has 0 fully saturated rings. The number of nitrogens with zero attached hydrogens (tertiary/aromatic N) is 8. The van der Waals surface area contributed by atoms with Crippen molar-refractivity contribution in [2.75, 3.05) is 19.6 Å². The van der Waals surface area contributed by atoms with E-state index < -0.39 is 0 Å². The molecule has 10 aromatic rings. The Balaban J connectivity index is 1.25. The van der Waals surface area contributed by atoms with Gasteiger partial charge in [0.05, 0.1) is 45.5 Å². The van der Waals surface area contributed by atoms with E-state index in [1.807, 2.05) is 49.6 Å². The summed E-state index contributed by atoms with van der Waals surface area (Å²) in [6.07, 6.45) is 14.9. The first-order chi connectivity index (χ1) is 32.8. The monoisotopic (exact) mass is 848 g/mol. The first-order valence-electron chi connectivity index (χ1n) is 21.9. The summed E-state index contributed by atoms with van der Waals surface area (Å²) in [7, 11) is 0. The minimum Gasteiger partial charge on any atom is -0.291 e. The first-order valence-corrected chi connectivity index (χ1v) is 21.9. The van der Waals surface area contributed by atoms with Crippen LogP contribution < -0.4 is 19.6 Å². The van der Waals surface area contributed by atoms with E-state index in [2.05, 4.69) is 234 Å². The molecule has 2 aliphatic rings. The standard InChI is InChI=1S/C58H40N8/c1-5-13-41(14-6-1)49-37-53-54(38-50(49)42-15-7-2-8-16-42)64(46-23-31-60-32-24-46)57(63(53)45-21-29-59-30-22-45)58-65(47-25-33-61-34-26-47)55-39-51(43-17-9-3-10-18-43)52(44-19-11-4-12-20-44)40-56(55)66(58)48-27-35-62-36-28-48/h1-40H. The molecule has 0 atom stereocenters. The highest BCUT2D eigenvalue weighted by Crippen LogP contribution is 2.59. The summed E-state index contributed by atoms with van der Waals surface area (Å²) in [5.74, 6) is 1.80. The molecule has 6 aromatic carbocycles. The Kier molecular flexibility index (Phi) is 9.65. The second-order valence-corrected chi connectivity index (χ2v) is 16.0. The van der Waals surface area contributed by atoms with Crippen LogP contribution in [0.15, 0.2) is 255 Å². The topological polar surface area (TPSA) is 64.5 Å². The Morgan fingerprint density at radius 1 is 0.227 bits per heavy atom. The van der Waals surface area contributed by atoms with Gasteiger partial charge in [-0.15, -0.1) is 0 Å². The third-order valence-corrected chi connectivity index (χ3v) is 12.3. The average Bonchev–Trinajstić information content (AvgIpc) is 3.92. The number of rotatable bonds is 8. The average molecular weight is 849 g/mol. The summed E-state index contributed by atoms with van der Waals surface area (Å²) < 4.78 is 0. The summed E-state index contributed by atoms with van der Waals surface area (Å²) in [4.78, 5) is 27.7. The van der Waals surface area contributed by atoms with Crippen molar-refractivity contribution in [2.24, 2.45) is 0 Å². The van der Waals surface area contributed by atoms with Gasteiger partial charge in [0.2, 0.25) is 0 Å². The van der Waals surface area contributed by atoms with E-state index in [1.165, 1.54) is 0 Å². The van der Waals surface area contributed by atoms with Crippen molar-refractivity contribution in [3.05, 3.63) is 255 Å². The molecule has 2 aliphatic heterocycles. The minimum atomic E-state index is 0.902. The lowest BCUT2D eigenvalue weighted by Crippen LogP contribution is -2.33. The van der Waals surface area contributed by atoms with Crippen LogP contribution in [0.1, 0.15) is 0 Å². The Labute approximate surface area is 383 Å². The van der Waals surface area contributed by atoms with E-state index in [1.54, 1.807) is 0 Å². The van der Waals surface area contributed by atoms with Gasteiger partial charge in [0.25, 0.3) is 0 Å². The molecular formula is C58H40N8. The quantitative estimate of drug-likeness (QED) is 0.150. The van der Waals surface area contributed by atoms with E-state index in [0.717, 1.165) is 102 Å². The molecular weight excluding hydrogens is 809 g/mol. The molecule has 312 valence electrons. The maximum Gasteiger partial charge on any atom is 0.166 e. The Bertz CT molecular complexity index is 2890. The van der Waals surface area contributed by atoms with Crippen molar-refractivity contribution >= 4 is 45.5 Å². The number of hydrogen-bond donors (Lipinski definition) is 0. The lowest BCUT2D eigenvalue weighted by atomic mass is 9.93. The maximum absolute atomic E-state index is 4.53. The fourth-order valence-electron chi connectivity index (χ4n) is 9.37. The van der Waals surface area contributed by atoms with Crippen LogP contribution in [-0.4, -0.2) is 19.9 Å². The summed E-state index contributed by atoms with van der Waals surface area (Å²) >= 11 is 0. The van der Waals surface area contributed by atoms with Crippen LogP contribution in [0.4, 0.5) is 45.5 Å². The molecule has 0 aliphatic carbocycles. The third kappa shape index (κ3) is 6.64. The van der Waals surface area contributed by atoms with Gasteiger partial charge >= 0.3 is 0 Å². The summed E-state index contributed by atoms with van der Waals surface area (Å²) in [5.41, 5.74) is 16.8. The second-order valence-electron chi connectivity index (χ2n) is 16.0. The number of anilines is 8. The van der Waals surface area contributed by atoms with E-state index in [4.69, 9.17) is 0 Å². The lowest BCUT2D eigenvalue weighted by Gasteiger charge is -2.34. The summed E-state index contributed by atoms with van der Waals surface area (Å²) in [6.45, 7) is 0. The molecule has 8 heteroatoms. The highest BCUT2D eigenvalue weighted by molar-refractivity contribution is 6.05. The summed E-state index contributed by atoms with van der Waals surface area (Å²) in [6, 6.07) is 68.8. The Morgan fingerprint density at radius 3 is 0.621 bits per heavy atom. The number of pyridine rings is 4. The molecule has 0 radical (unpaired) electrons. The molecule has 6 heterocycles. The molecule has 4 aromatic heterocycles. The minimum absolute atomic E-state index is 0.902. The number of fused-ring (bicyclic) bond motifs is 2. The molecule has 66 heavy (non-hydrogen) atoms.